The molecule has 0 nitrogen and oxygen atoms in total. The fraction of sp³-hybridized carbons (Fsp3) is 0.581. The first-order valence-corrected chi connectivity index (χ1v) is 18.6. The molecule has 2 unspecified atom stereocenters. The van der Waals surface area contributed by atoms with Crippen molar-refractivity contribution in [2.75, 3.05) is 0 Å². The molecule has 0 amide bonds. The fourth-order valence-corrected chi connectivity index (χ4v) is 11.0. The van der Waals surface area contributed by atoms with Crippen molar-refractivity contribution in [3.05, 3.63) is 94.5 Å². The van der Waals surface area contributed by atoms with Crippen LogP contribution in [0.3, 0.4) is 0 Å². The van der Waals surface area contributed by atoms with Gasteiger partial charge in [0.05, 0.1) is 0 Å². The average molecular weight is 739 g/mol. The van der Waals surface area contributed by atoms with Crippen LogP contribution in [0, 0.1) is 51.4 Å². The average Bonchev–Trinajstić information content (AvgIpc) is 3.64. The number of benzene rings is 1. The van der Waals surface area contributed by atoms with Crippen molar-refractivity contribution in [3.8, 4) is 0 Å². The Morgan fingerprint density at radius 3 is 2.04 bits per heavy atom. The Morgan fingerprint density at radius 1 is 0.913 bits per heavy atom. The van der Waals surface area contributed by atoms with Crippen LogP contribution in [0.25, 0.3) is 5.57 Å². The Kier molecular flexibility index (Phi) is 14.2. The van der Waals surface area contributed by atoms with Crippen LogP contribution in [-0.2, 0) is 30.7 Å². The zero-order valence-electron chi connectivity index (χ0n) is 30.9. The molecule has 1 saturated carbocycles. The number of halogens is 2. The Hall–Kier alpha value is -0.877. The van der Waals surface area contributed by atoms with Gasteiger partial charge in [-0.25, -0.2) is 18.1 Å². The molecular formula is C43H60Cl2Zr-2. The molecule has 0 N–H and O–H groups in total. The van der Waals surface area contributed by atoms with E-state index in [1.165, 1.54) is 36.8 Å². The van der Waals surface area contributed by atoms with Gasteiger partial charge in [0.1, 0.15) is 0 Å². The third-order valence-electron chi connectivity index (χ3n) is 12.7. The van der Waals surface area contributed by atoms with Gasteiger partial charge in [-0.2, -0.15) is 17.2 Å². The largest absolute Gasteiger partial charge is 1.00 e. The molecule has 5 aliphatic rings. The predicted octanol–water partition coefficient (Wildman–Crippen LogP) is 6.08. The van der Waals surface area contributed by atoms with Crippen molar-refractivity contribution >= 4 is 8.78 Å². The Morgan fingerprint density at radius 2 is 1.52 bits per heavy atom. The topological polar surface area (TPSA) is 0 Å². The summed E-state index contributed by atoms with van der Waals surface area (Å²) in [6.45, 7) is 29.5. The van der Waals surface area contributed by atoms with E-state index in [2.05, 4.69) is 132 Å². The van der Waals surface area contributed by atoms with Gasteiger partial charge in [0.2, 0.25) is 0 Å². The van der Waals surface area contributed by atoms with Crippen LogP contribution < -0.4 is 24.8 Å². The molecule has 6 rings (SSSR count). The van der Waals surface area contributed by atoms with E-state index in [0.29, 0.717) is 5.92 Å². The van der Waals surface area contributed by atoms with Crippen LogP contribution in [0.15, 0.2) is 71.4 Å². The van der Waals surface area contributed by atoms with Gasteiger partial charge in [-0.05, 0) is 40.6 Å². The van der Waals surface area contributed by atoms with Crippen molar-refractivity contribution in [2.45, 2.75) is 122 Å². The van der Waals surface area contributed by atoms with Crippen LogP contribution in [-0.4, -0.2) is 3.21 Å². The maximum Gasteiger partial charge on any atom is -0.00969 e. The molecule has 0 spiro atoms. The van der Waals surface area contributed by atoms with E-state index in [0.717, 1.165) is 24.7 Å². The summed E-state index contributed by atoms with van der Waals surface area (Å²) < 4.78 is 1.75. The maximum absolute atomic E-state index is 2.99. The van der Waals surface area contributed by atoms with Crippen molar-refractivity contribution in [3.63, 3.8) is 0 Å². The first-order valence-electron chi connectivity index (χ1n) is 17.4. The summed E-state index contributed by atoms with van der Waals surface area (Å²) in [5.74, 6) is 3.95. The molecule has 0 aliphatic heterocycles. The molecule has 2 atom stereocenters. The minimum Gasteiger partial charge on any atom is -1.00 e. The van der Waals surface area contributed by atoms with E-state index in [9.17, 15) is 0 Å². The first kappa shape index (κ1) is 41.3. The van der Waals surface area contributed by atoms with Crippen LogP contribution in [0.1, 0.15) is 126 Å². The van der Waals surface area contributed by atoms with Gasteiger partial charge >= 0.3 is 79.8 Å². The number of allylic oxidation sites excluding steroid dienone is 10. The summed E-state index contributed by atoms with van der Waals surface area (Å²) in [5, 5.41) is 0. The van der Waals surface area contributed by atoms with Gasteiger partial charge in [-0.1, -0.05) is 113 Å². The minimum absolute atomic E-state index is 0. The molecule has 252 valence electrons. The minimum atomic E-state index is 0. The van der Waals surface area contributed by atoms with E-state index >= 15 is 0 Å². The molecule has 0 heterocycles. The molecule has 0 saturated heterocycles. The van der Waals surface area contributed by atoms with E-state index < -0.39 is 0 Å². The van der Waals surface area contributed by atoms with Crippen molar-refractivity contribution in [1.82, 2.24) is 0 Å². The molecule has 5 aliphatic carbocycles. The van der Waals surface area contributed by atoms with Gasteiger partial charge < -0.3 is 24.8 Å². The molecule has 3 heteroatoms. The third kappa shape index (κ3) is 7.20. The standard InChI is InChI=1S/C29H37.C9H18.C5H5.2ClH.Zr/c1-18-25-22-17-19-13-9-10-14-20(19)24(22)21-15-11-12-16-23(21)29(25,8)28(6,7)27(4,5)26(18,2)3;1-8(2)6-5-7-9(3)4;1-2-4-5-3-1;;;/h9-11,13-15,23H,12,16-17H2,1-8H3;8-9H,6-7H2,1-4H3;1-3H,4H2;2*1H;/q-1;;-1;;;+2/p-2. The van der Waals surface area contributed by atoms with E-state index in [1.54, 1.807) is 55.7 Å². The smallest absolute Gasteiger partial charge is 0.00969 e. The van der Waals surface area contributed by atoms with E-state index in [-0.39, 0.29) is 46.5 Å². The number of hydrogen-bond donors (Lipinski definition) is 0. The molecule has 1 fully saturated rings. The zero-order valence-corrected chi connectivity index (χ0v) is 34.9. The van der Waals surface area contributed by atoms with Crippen LogP contribution in [0.2, 0.25) is 0 Å². The number of rotatable bonds is 4. The van der Waals surface area contributed by atoms with Crippen LogP contribution in [0.5, 0.6) is 0 Å². The van der Waals surface area contributed by atoms with Crippen LogP contribution in [0.4, 0.5) is 0 Å². The van der Waals surface area contributed by atoms with E-state index in [1.807, 2.05) is 12.2 Å². The zero-order chi connectivity index (χ0) is 32.7. The van der Waals surface area contributed by atoms with Gasteiger partial charge in [0.25, 0.3) is 0 Å². The molecule has 0 bridgehead atoms. The molecule has 0 aromatic heterocycles. The summed E-state index contributed by atoms with van der Waals surface area (Å²) in [5.41, 5.74) is 10.3. The van der Waals surface area contributed by atoms with Gasteiger partial charge in [-0.3, -0.25) is 6.08 Å². The summed E-state index contributed by atoms with van der Waals surface area (Å²) >= 11 is 1.65. The predicted molar refractivity (Wildman–Crippen MR) is 190 cm³/mol. The normalized spacial score (nSPS) is 25.3. The number of fused-ring (bicyclic) bond motifs is 6. The van der Waals surface area contributed by atoms with Crippen LogP contribution >= 0.6 is 0 Å². The Labute approximate surface area is 311 Å². The van der Waals surface area contributed by atoms with Crippen molar-refractivity contribution in [2.24, 2.45) is 39.4 Å². The first-order chi connectivity index (χ1) is 20.5. The Bertz CT molecular complexity index is 1370. The SMILES string of the molecule is CC(C)C[C](=[Zr+2])CC(C)C.C[C-]1C2=C3Cc4ccccc4C3=C3C=CCCC3C2(C)C(C)(C)C(C)(C)C1(C)C.[C-]1=CC=CC1.[Cl-].[Cl-]. The van der Waals surface area contributed by atoms with Crippen molar-refractivity contribution < 1.29 is 49.0 Å². The molecule has 0 radical (unpaired) electrons. The van der Waals surface area contributed by atoms with E-state index in [4.69, 9.17) is 0 Å². The molecular weight excluding hydrogens is 679 g/mol. The second-order valence-electron chi connectivity index (χ2n) is 16.6. The number of hydrogen-bond acceptors (Lipinski definition) is 0. The fourth-order valence-electron chi connectivity index (χ4n) is 8.98. The third-order valence-corrected chi connectivity index (χ3v) is 13.7. The quantitative estimate of drug-likeness (QED) is 0.329. The van der Waals surface area contributed by atoms with Gasteiger partial charge in [0.15, 0.2) is 0 Å². The summed E-state index contributed by atoms with van der Waals surface area (Å²) in [4.78, 5) is 0. The molecule has 1 aromatic rings. The van der Waals surface area contributed by atoms with Gasteiger partial charge in [0, 0.05) is 0 Å². The second kappa shape index (κ2) is 15.8. The monoisotopic (exact) mass is 736 g/mol. The summed E-state index contributed by atoms with van der Waals surface area (Å²) in [6.07, 6.45) is 21.2. The summed E-state index contributed by atoms with van der Waals surface area (Å²) in [7, 11) is 0. The molecule has 46 heavy (non-hydrogen) atoms. The maximum atomic E-state index is 2.99. The van der Waals surface area contributed by atoms with Gasteiger partial charge in [-0.15, -0.1) is 13.3 Å². The van der Waals surface area contributed by atoms with Crippen molar-refractivity contribution in [1.29, 1.82) is 0 Å². The Balaban J connectivity index is 0.000000362. The molecule has 1 aromatic carbocycles. The second-order valence-corrected chi connectivity index (χ2v) is 18.3. The summed E-state index contributed by atoms with van der Waals surface area (Å²) in [6, 6.07) is 9.16.